The van der Waals surface area contributed by atoms with Crippen LogP contribution in [0.15, 0.2) is 9.98 Å². The molecule has 2 aliphatic carbocycles. The summed E-state index contributed by atoms with van der Waals surface area (Å²) in [6.45, 7) is 6.42. The summed E-state index contributed by atoms with van der Waals surface area (Å²) in [6, 6.07) is 0. The van der Waals surface area contributed by atoms with Gasteiger partial charge in [-0.05, 0) is 30.6 Å². The van der Waals surface area contributed by atoms with Gasteiger partial charge < -0.3 is 0 Å². The minimum absolute atomic E-state index is 0.0493. The molecule has 2 atom stereocenters. The van der Waals surface area contributed by atoms with Gasteiger partial charge in [-0.3, -0.25) is 0 Å². The van der Waals surface area contributed by atoms with E-state index in [1.165, 1.54) is 0 Å². The lowest BCUT2D eigenvalue weighted by Crippen LogP contribution is -2.44. The van der Waals surface area contributed by atoms with E-state index in [9.17, 15) is 9.59 Å². The molecule has 2 unspecified atom stereocenters. The van der Waals surface area contributed by atoms with Crippen molar-refractivity contribution in [2.45, 2.75) is 45.7 Å². The fourth-order valence-electron chi connectivity index (χ4n) is 3.75. The van der Waals surface area contributed by atoms with Crippen molar-refractivity contribution >= 4 is 12.2 Å². The van der Waals surface area contributed by atoms with Gasteiger partial charge in [-0.15, -0.1) is 0 Å². The summed E-state index contributed by atoms with van der Waals surface area (Å²) >= 11 is 0. The van der Waals surface area contributed by atoms with Crippen LogP contribution in [0, 0.1) is 16.7 Å². The zero-order valence-electron chi connectivity index (χ0n) is 9.91. The van der Waals surface area contributed by atoms with Crippen LogP contribution in [-0.4, -0.2) is 17.8 Å². The number of aliphatic imine (C=N–C) groups is 2. The Morgan fingerprint density at radius 3 is 2.00 bits per heavy atom. The molecule has 0 aliphatic heterocycles. The predicted molar refractivity (Wildman–Crippen MR) is 58.2 cm³/mol. The van der Waals surface area contributed by atoms with Crippen molar-refractivity contribution in [3.63, 3.8) is 0 Å². The molecule has 0 saturated heterocycles. The Balaban J connectivity index is 2.60. The number of rotatable bonds is 2. The van der Waals surface area contributed by atoms with Crippen molar-refractivity contribution in [1.29, 1.82) is 0 Å². The molecule has 4 heteroatoms. The summed E-state index contributed by atoms with van der Waals surface area (Å²) in [6.07, 6.45) is 5.90. The Hall–Kier alpha value is -1.24. The van der Waals surface area contributed by atoms with Gasteiger partial charge in [0.05, 0.1) is 0 Å². The Morgan fingerprint density at radius 1 is 1.12 bits per heavy atom. The summed E-state index contributed by atoms with van der Waals surface area (Å²) in [5.74, 6) is 0.465. The average Bonchev–Trinajstić information content (AvgIpc) is 2.51. The first-order valence-corrected chi connectivity index (χ1v) is 5.61. The monoisotopic (exact) mass is 220 g/mol. The first-order valence-electron chi connectivity index (χ1n) is 5.61. The van der Waals surface area contributed by atoms with Crippen LogP contribution in [0.2, 0.25) is 0 Å². The van der Waals surface area contributed by atoms with Crippen molar-refractivity contribution in [2.75, 3.05) is 0 Å². The molecular formula is C12H16N2O2. The lowest BCUT2D eigenvalue weighted by molar-refractivity contribution is 0.0854. The number of hydrogen-bond acceptors (Lipinski definition) is 4. The molecule has 2 saturated carbocycles. The first kappa shape index (κ1) is 11.3. The quantitative estimate of drug-likeness (QED) is 0.529. The molecule has 2 bridgehead atoms. The predicted octanol–water partition coefficient (Wildman–Crippen LogP) is 2.20. The Bertz CT molecular complexity index is 399. The molecule has 16 heavy (non-hydrogen) atoms. The zero-order valence-corrected chi connectivity index (χ0v) is 9.91. The normalized spacial score (nSPS) is 43.6. The molecule has 2 aliphatic rings. The topological polar surface area (TPSA) is 58.9 Å². The maximum Gasteiger partial charge on any atom is 0.237 e. The van der Waals surface area contributed by atoms with Gasteiger partial charge in [0.2, 0.25) is 12.2 Å². The third kappa shape index (κ3) is 1.01. The smallest absolute Gasteiger partial charge is 0.211 e. The van der Waals surface area contributed by atoms with Crippen molar-refractivity contribution < 1.29 is 9.59 Å². The Labute approximate surface area is 94.9 Å². The Kier molecular flexibility index (Phi) is 2.20. The van der Waals surface area contributed by atoms with Crippen LogP contribution < -0.4 is 0 Å². The van der Waals surface area contributed by atoms with Crippen LogP contribution in [0.25, 0.3) is 0 Å². The van der Waals surface area contributed by atoms with Crippen molar-refractivity contribution in [3.8, 4) is 0 Å². The second kappa shape index (κ2) is 3.13. The van der Waals surface area contributed by atoms with Gasteiger partial charge in [-0.1, -0.05) is 20.8 Å². The van der Waals surface area contributed by atoms with E-state index in [1.54, 1.807) is 12.2 Å². The van der Waals surface area contributed by atoms with E-state index in [0.29, 0.717) is 12.3 Å². The number of isocyanates is 2. The highest BCUT2D eigenvalue weighted by atomic mass is 16.1. The molecule has 0 radical (unpaired) electrons. The standard InChI is InChI=1S/C12H16N2O2/c1-10(2)9-4-5-11(10,3)12(6-9,13-7-15)14-8-16/h9H,4-6H2,1-3H3. The molecular weight excluding hydrogens is 204 g/mol. The van der Waals surface area contributed by atoms with E-state index in [-0.39, 0.29) is 10.8 Å². The van der Waals surface area contributed by atoms with Crippen LogP contribution in [0.3, 0.4) is 0 Å². The maximum atomic E-state index is 10.6. The zero-order chi connectivity index (χ0) is 12.0. The number of nitrogens with zero attached hydrogens (tertiary/aromatic N) is 2. The highest BCUT2D eigenvalue weighted by Gasteiger charge is 2.70. The summed E-state index contributed by atoms with van der Waals surface area (Å²) < 4.78 is 0. The molecule has 4 nitrogen and oxygen atoms in total. The average molecular weight is 220 g/mol. The second-order valence-electron chi connectivity index (χ2n) is 5.72. The maximum absolute atomic E-state index is 10.6. The van der Waals surface area contributed by atoms with E-state index in [2.05, 4.69) is 30.8 Å². The molecule has 2 fully saturated rings. The highest BCUT2D eigenvalue weighted by Crippen LogP contribution is 2.71. The first-order chi connectivity index (χ1) is 7.43. The van der Waals surface area contributed by atoms with E-state index in [4.69, 9.17) is 0 Å². The van der Waals surface area contributed by atoms with Gasteiger partial charge in [0, 0.05) is 5.41 Å². The van der Waals surface area contributed by atoms with Gasteiger partial charge in [-0.25, -0.2) is 9.59 Å². The van der Waals surface area contributed by atoms with Crippen LogP contribution in [0.5, 0.6) is 0 Å². The fraction of sp³-hybridized carbons (Fsp3) is 0.833. The number of hydrogen-bond donors (Lipinski definition) is 0. The molecule has 86 valence electrons. The summed E-state index contributed by atoms with van der Waals surface area (Å²) in [7, 11) is 0. The van der Waals surface area contributed by atoms with E-state index < -0.39 is 5.66 Å². The third-order valence-electron chi connectivity index (χ3n) is 5.31. The molecule has 0 aromatic rings. The van der Waals surface area contributed by atoms with Gasteiger partial charge in [0.1, 0.15) is 0 Å². The second-order valence-corrected chi connectivity index (χ2v) is 5.72. The lowest BCUT2D eigenvalue weighted by atomic mass is 9.66. The summed E-state index contributed by atoms with van der Waals surface area (Å²) in [5.41, 5.74) is -1.10. The summed E-state index contributed by atoms with van der Waals surface area (Å²) in [4.78, 5) is 28.9. The molecule has 0 heterocycles. The van der Waals surface area contributed by atoms with Gasteiger partial charge in [0.15, 0.2) is 5.66 Å². The lowest BCUT2D eigenvalue weighted by Gasteiger charge is -2.41. The van der Waals surface area contributed by atoms with Gasteiger partial charge >= 0.3 is 0 Å². The van der Waals surface area contributed by atoms with Crippen LogP contribution >= 0.6 is 0 Å². The van der Waals surface area contributed by atoms with Crippen LogP contribution in [0.1, 0.15) is 40.0 Å². The third-order valence-corrected chi connectivity index (χ3v) is 5.31. The van der Waals surface area contributed by atoms with E-state index >= 15 is 0 Å². The highest BCUT2D eigenvalue weighted by molar-refractivity contribution is 5.42. The number of fused-ring (bicyclic) bond motifs is 2. The van der Waals surface area contributed by atoms with Crippen molar-refractivity contribution in [1.82, 2.24) is 0 Å². The van der Waals surface area contributed by atoms with Gasteiger partial charge in [-0.2, -0.15) is 9.98 Å². The molecule has 0 spiro atoms. The van der Waals surface area contributed by atoms with Crippen LogP contribution in [-0.2, 0) is 9.59 Å². The van der Waals surface area contributed by atoms with Crippen LogP contribution in [0.4, 0.5) is 0 Å². The molecule has 0 amide bonds. The summed E-state index contributed by atoms with van der Waals surface area (Å²) in [5, 5.41) is 0. The molecule has 2 rings (SSSR count). The van der Waals surface area contributed by atoms with Crippen molar-refractivity contribution in [2.24, 2.45) is 26.7 Å². The fourth-order valence-corrected chi connectivity index (χ4v) is 3.75. The van der Waals surface area contributed by atoms with Gasteiger partial charge in [0.25, 0.3) is 0 Å². The Morgan fingerprint density at radius 2 is 1.69 bits per heavy atom. The minimum Gasteiger partial charge on any atom is -0.211 e. The van der Waals surface area contributed by atoms with E-state index in [0.717, 1.165) is 12.8 Å². The SMILES string of the molecule is CC1(C)C2CCC1(C)C(N=C=O)(N=C=O)C2. The minimum atomic E-state index is -0.914. The molecule has 0 aromatic heterocycles. The number of carbonyl (C=O) groups excluding carboxylic acids is 2. The molecule has 0 N–H and O–H groups in total. The molecule has 0 aromatic carbocycles. The van der Waals surface area contributed by atoms with E-state index in [1.807, 2.05) is 0 Å². The van der Waals surface area contributed by atoms with Crippen molar-refractivity contribution in [3.05, 3.63) is 0 Å². The largest absolute Gasteiger partial charge is 0.237 e.